The summed E-state index contributed by atoms with van der Waals surface area (Å²) >= 11 is 1.19. The number of esters is 3. The summed E-state index contributed by atoms with van der Waals surface area (Å²) in [5, 5.41) is 2.66. The second kappa shape index (κ2) is 10.8. The van der Waals surface area contributed by atoms with Gasteiger partial charge in [-0.3, -0.25) is 19.2 Å². The topological polar surface area (TPSA) is 117 Å². The highest BCUT2D eigenvalue weighted by Gasteiger charge is 2.50. The summed E-state index contributed by atoms with van der Waals surface area (Å²) in [7, 11) is 0. The Morgan fingerprint density at radius 1 is 1.04 bits per heavy atom. The zero-order valence-corrected chi connectivity index (χ0v) is 16.4. The highest BCUT2D eigenvalue weighted by molar-refractivity contribution is 8.00. The van der Waals surface area contributed by atoms with Gasteiger partial charge in [-0.2, -0.15) is 0 Å². The van der Waals surface area contributed by atoms with Crippen LogP contribution in [0, 0.1) is 12.3 Å². The predicted octanol–water partition coefficient (Wildman–Crippen LogP) is 0.00890. The highest BCUT2D eigenvalue weighted by atomic mass is 32.2. The van der Waals surface area contributed by atoms with Crippen molar-refractivity contribution in [3.63, 3.8) is 0 Å². The van der Waals surface area contributed by atoms with E-state index in [0.29, 0.717) is 0 Å². The maximum absolute atomic E-state index is 11.7. The van der Waals surface area contributed by atoms with Crippen LogP contribution >= 0.6 is 11.8 Å². The SMILES string of the molecule is C#CCS[C@H]1OC(COC(C)=O)[C@H](OC(C)=O)[C@H](OC(C)=O)C1NC(C)=O. The number of ether oxygens (including phenoxy) is 4. The molecule has 1 N–H and O–H groups in total. The molecule has 10 heteroatoms. The third-order valence-corrected chi connectivity index (χ3v) is 4.47. The molecular formula is C17H23NO8S. The zero-order chi connectivity index (χ0) is 20.6. The van der Waals surface area contributed by atoms with Gasteiger partial charge in [-0.25, -0.2) is 0 Å². The Bertz CT molecular complexity index is 617. The number of hydrogen-bond donors (Lipinski definition) is 1. The van der Waals surface area contributed by atoms with Gasteiger partial charge in [0.1, 0.15) is 24.2 Å². The molecule has 27 heavy (non-hydrogen) atoms. The van der Waals surface area contributed by atoms with E-state index in [1.807, 2.05) is 0 Å². The molecule has 1 fully saturated rings. The molecule has 150 valence electrons. The average molecular weight is 401 g/mol. The first-order valence-corrected chi connectivity index (χ1v) is 9.16. The molecule has 2 unspecified atom stereocenters. The standard InChI is InChI=1S/C17H23NO8S/c1-6-7-27-17-14(18-9(2)19)16(25-12(5)22)15(24-11(4)21)13(26-17)8-23-10(3)20/h1,13-17H,7-8H2,2-5H3,(H,18,19)/t13?,14?,15-,16+,17+/m0/s1. The van der Waals surface area contributed by atoms with Crippen molar-refractivity contribution in [3.8, 4) is 12.3 Å². The number of rotatable bonds is 7. The Labute approximate surface area is 161 Å². The monoisotopic (exact) mass is 401 g/mol. The summed E-state index contributed by atoms with van der Waals surface area (Å²) in [5.41, 5.74) is -0.721. The number of hydrogen-bond acceptors (Lipinski definition) is 9. The Morgan fingerprint density at radius 3 is 2.11 bits per heavy atom. The Kier molecular flexibility index (Phi) is 9.11. The molecule has 1 saturated heterocycles. The fourth-order valence-corrected chi connectivity index (χ4v) is 3.48. The molecule has 1 rings (SSSR count). The first-order chi connectivity index (χ1) is 12.6. The molecule has 0 aromatic carbocycles. The molecule has 1 aliphatic rings. The lowest BCUT2D eigenvalue weighted by molar-refractivity contribution is -0.211. The second-order valence-electron chi connectivity index (χ2n) is 5.74. The van der Waals surface area contributed by atoms with Crippen molar-refractivity contribution in [1.82, 2.24) is 5.32 Å². The third kappa shape index (κ3) is 7.48. The van der Waals surface area contributed by atoms with Crippen molar-refractivity contribution in [1.29, 1.82) is 0 Å². The van der Waals surface area contributed by atoms with Gasteiger partial charge in [0.05, 0.1) is 5.75 Å². The molecule has 5 atom stereocenters. The maximum Gasteiger partial charge on any atom is 0.303 e. The fraction of sp³-hybridized carbons (Fsp3) is 0.647. The number of carbonyl (C=O) groups is 4. The molecule has 0 spiro atoms. The van der Waals surface area contributed by atoms with E-state index in [-0.39, 0.29) is 12.4 Å². The summed E-state index contributed by atoms with van der Waals surface area (Å²) in [4.78, 5) is 46.0. The van der Waals surface area contributed by atoms with Crippen LogP contribution in [0.5, 0.6) is 0 Å². The van der Waals surface area contributed by atoms with Gasteiger partial charge in [0.2, 0.25) is 5.91 Å². The number of amides is 1. The van der Waals surface area contributed by atoms with E-state index < -0.39 is 53.6 Å². The lowest BCUT2D eigenvalue weighted by Crippen LogP contribution is -2.65. The van der Waals surface area contributed by atoms with Crippen molar-refractivity contribution >= 4 is 35.6 Å². The summed E-state index contributed by atoms with van der Waals surface area (Å²) < 4.78 is 21.5. The average Bonchev–Trinajstić information content (AvgIpc) is 2.54. The molecule has 0 radical (unpaired) electrons. The van der Waals surface area contributed by atoms with E-state index in [4.69, 9.17) is 25.4 Å². The molecular weight excluding hydrogens is 378 g/mol. The van der Waals surface area contributed by atoms with Crippen molar-refractivity contribution < 1.29 is 38.1 Å². The number of thioether (sulfide) groups is 1. The van der Waals surface area contributed by atoms with E-state index in [1.165, 1.54) is 39.5 Å². The molecule has 0 aliphatic carbocycles. The van der Waals surface area contributed by atoms with Gasteiger partial charge in [0.15, 0.2) is 12.2 Å². The Morgan fingerprint density at radius 2 is 1.63 bits per heavy atom. The first kappa shape index (κ1) is 22.8. The Hall–Kier alpha value is -2.25. The zero-order valence-electron chi connectivity index (χ0n) is 15.6. The van der Waals surface area contributed by atoms with Gasteiger partial charge in [-0.15, -0.1) is 18.2 Å². The minimum absolute atomic E-state index is 0.231. The van der Waals surface area contributed by atoms with Gasteiger partial charge < -0.3 is 24.3 Å². The van der Waals surface area contributed by atoms with Crippen molar-refractivity contribution in [2.24, 2.45) is 0 Å². The number of terminal acetylenes is 1. The van der Waals surface area contributed by atoms with Crippen LogP contribution in [0.15, 0.2) is 0 Å². The van der Waals surface area contributed by atoms with Crippen LogP contribution in [0.3, 0.4) is 0 Å². The van der Waals surface area contributed by atoms with E-state index in [9.17, 15) is 19.2 Å². The van der Waals surface area contributed by atoms with Gasteiger partial charge in [-0.1, -0.05) is 5.92 Å². The molecule has 9 nitrogen and oxygen atoms in total. The minimum Gasteiger partial charge on any atom is -0.463 e. The van der Waals surface area contributed by atoms with Gasteiger partial charge >= 0.3 is 17.9 Å². The number of carbonyl (C=O) groups excluding carboxylic acids is 4. The molecule has 0 bridgehead atoms. The number of nitrogens with one attached hydrogen (secondary N) is 1. The van der Waals surface area contributed by atoms with Crippen molar-refractivity contribution in [2.75, 3.05) is 12.4 Å². The van der Waals surface area contributed by atoms with Crippen molar-refractivity contribution in [2.45, 2.75) is 57.5 Å². The highest BCUT2D eigenvalue weighted by Crippen LogP contribution is 2.32. The summed E-state index contributed by atoms with van der Waals surface area (Å²) in [6.45, 7) is 4.65. The molecule has 1 aliphatic heterocycles. The summed E-state index contributed by atoms with van der Waals surface area (Å²) in [5.74, 6) is 0.464. The molecule has 0 aromatic rings. The van der Waals surface area contributed by atoms with Crippen LogP contribution in [-0.4, -0.2) is 66.0 Å². The third-order valence-electron chi connectivity index (χ3n) is 3.40. The van der Waals surface area contributed by atoms with Gasteiger partial charge in [-0.05, 0) is 0 Å². The lowest BCUT2D eigenvalue weighted by Gasteiger charge is -2.45. The first-order valence-electron chi connectivity index (χ1n) is 8.11. The van der Waals surface area contributed by atoms with Crippen LogP contribution < -0.4 is 5.32 Å². The van der Waals surface area contributed by atoms with E-state index in [0.717, 1.165) is 0 Å². The molecule has 1 amide bonds. The normalized spacial score (nSPS) is 27.0. The van der Waals surface area contributed by atoms with Crippen LogP contribution in [0.1, 0.15) is 27.7 Å². The lowest BCUT2D eigenvalue weighted by atomic mass is 9.97. The van der Waals surface area contributed by atoms with Crippen LogP contribution in [0.2, 0.25) is 0 Å². The minimum atomic E-state index is -1.09. The second-order valence-corrected chi connectivity index (χ2v) is 6.82. The smallest absolute Gasteiger partial charge is 0.303 e. The van der Waals surface area contributed by atoms with E-state index in [1.54, 1.807) is 0 Å². The van der Waals surface area contributed by atoms with Gasteiger partial charge in [0, 0.05) is 27.7 Å². The molecule has 0 saturated carbocycles. The summed E-state index contributed by atoms with van der Waals surface area (Å²) in [6, 6.07) is -0.831. The van der Waals surface area contributed by atoms with Crippen LogP contribution in [-0.2, 0) is 38.1 Å². The summed E-state index contributed by atoms with van der Waals surface area (Å²) in [6.07, 6.45) is 2.23. The van der Waals surface area contributed by atoms with E-state index >= 15 is 0 Å². The van der Waals surface area contributed by atoms with Crippen LogP contribution in [0.4, 0.5) is 0 Å². The maximum atomic E-state index is 11.7. The van der Waals surface area contributed by atoms with Crippen molar-refractivity contribution in [3.05, 3.63) is 0 Å². The Balaban J connectivity index is 3.25. The fourth-order valence-electron chi connectivity index (χ4n) is 2.56. The quantitative estimate of drug-likeness (QED) is 0.357. The van der Waals surface area contributed by atoms with Crippen LogP contribution in [0.25, 0.3) is 0 Å². The predicted molar refractivity (Wildman–Crippen MR) is 95.3 cm³/mol. The largest absolute Gasteiger partial charge is 0.463 e. The molecule has 1 heterocycles. The van der Waals surface area contributed by atoms with Gasteiger partial charge in [0.25, 0.3) is 0 Å². The van der Waals surface area contributed by atoms with E-state index in [2.05, 4.69) is 11.2 Å². The molecule has 0 aromatic heterocycles.